The van der Waals surface area contributed by atoms with Gasteiger partial charge in [-0.25, -0.2) is 9.18 Å². The molecular formula is C25H28FN3O3S. The number of carbonyl (C=O) groups is 1. The molecule has 1 aliphatic rings. The van der Waals surface area contributed by atoms with E-state index in [0.29, 0.717) is 16.8 Å². The number of nitrogens with one attached hydrogen (secondary N) is 1. The van der Waals surface area contributed by atoms with E-state index in [1.54, 1.807) is 22.9 Å². The van der Waals surface area contributed by atoms with E-state index in [9.17, 15) is 19.1 Å². The van der Waals surface area contributed by atoms with Crippen molar-refractivity contribution in [1.29, 1.82) is 0 Å². The second-order valence-electron chi connectivity index (χ2n) is 8.45. The molecule has 0 aliphatic heterocycles. The van der Waals surface area contributed by atoms with E-state index < -0.39 is 17.2 Å². The second-order valence-corrected chi connectivity index (χ2v) is 9.42. The molecule has 174 valence electrons. The van der Waals surface area contributed by atoms with Gasteiger partial charge in [-0.2, -0.15) is 0 Å². The Bertz CT molecular complexity index is 1210. The Labute approximate surface area is 196 Å². The molecule has 3 aromatic rings. The quantitative estimate of drug-likeness (QED) is 0.273. The van der Waals surface area contributed by atoms with Crippen LogP contribution in [0.5, 0.6) is 0 Å². The fraction of sp³-hybridized carbons (Fsp3) is 0.400. The number of unbranched alkanes of at least 4 members (excludes halogenated alkanes) is 4. The summed E-state index contributed by atoms with van der Waals surface area (Å²) >= 11 is 1.51. The zero-order valence-electron chi connectivity index (χ0n) is 18.6. The van der Waals surface area contributed by atoms with Crippen LogP contribution < -0.4 is 10.2 Å². The van der Waals surface area contributed by atoms with Crippen LogP contribution in [-0.2, 0) is 0 Å². The second kappa shape index (κ2) is 10.5. The van der Waals surface area contributed by atoms with E-state index >= 15 is 0 Å². The maximum atomic E-state index is 15.0. The van der Waals surface area contributed by atoms with E-state index in [0.717, 1.165) is 36.8 Å². The van der Waals surface area contributed by atoms with E-state index in [4.69, 9.17) is 0 Å². The maximum absolute atomic E-state index is 15.0. The van der Waals surface area contributed by atoms with Crippen molar-refractivity contribution < 1.29 is 14.3 Å². The van der Waals surface area contributed by atoms with Gasteiger partial charge in [0.1, 0.15) is 11.4 Å². The number of carboxylic acids is 1. The highest BCUT2D eigenvalue weighted by Crippen LogP contribution is 2.38. The van der Waals surface area contributed by atoms with Gasteiger partial charge in [0.15, 0.2) is 0 Å². The van der Waals surface area contributed by atoms with Crippen molar-refractivity contribution in [1.82, 2.24) is 14.3 Å². The minimum Gasteiger partial charge on any atom is -0.477 e. The Morgan fingerprint density at radius 1 is 1.24 bits per heavy atom. The smallest absolute Gasteiger partial charge is 0.341 e. The van der Waals surface area contributed by atoms with Crippen LogP contribution in [0.1, 0.15) is 68.3 Å². The number of nitrogens with zero attached hydrogens (tertiary/aromatic N) is 2. The zero-order valence-corrected chi connectivity index (χ0v) is 19.5. The molecule has 0 spiro atoms. The lowest BCUT2D eigenvalue weighted by Gasteiger charge is -2.13. The average Bonchev–Trinajstić information content (AvgIpc) is 3.64. The van der Waals surface area contributed by atoms with Gasteiger partial charge in [0.05, 0.1) is 11.2 Å². The molecule has 4 rings (SSSR count). The Morgan fingerprint density at radius 2 is 2.03 bits per heavy atom. The van der Waals surface area contributed by atoms with Gasteiger partial charge >= 0.3 is 5.97 Å². The molecular weight excluding hydrogens is 441 g/mol. The molecule has 2 heterocycles. The molecule has 0 radical (unpaired) electrons. The highest BCUT2D eigenvalue weighted by Gasteiger charge is 2.27. The lowest BCUT2D eigenvalue weighted by Crippen LogP contribution is -2.19. The van der Waals surface area contributed by atoms with E-state index in [1.807, 2.05) is 6.07 Å². The largest absolute Gasteiger partial charge is 0.477 e. The number of aromatic carboxylic acids is 1. The number of hydrogen-bond donors (Lipinski definition) is 2. The van der Waals surface area contributed by atoms with Crippen LogP contribution in [0.4, 0.5) is 4.39 Å². The van der Waals surface area contributed by atoms with Crippen LogP contribution in [0, 0.1) is 5.82 Å². The number of pyridine rings is 2. The first-order chi connectivity index (χ1) is 16.0. The molecule has 0 unspecified atom stereocenters. The van der Waals surface area contributed by atoms with Gasteiger partial charge in [0.25, 0.3) is 0 Å². The third-order valence-electron chi connectivity index (χ3n) is 5.88. The SMILES string of the molecule is CCCCCCCNSc1ccc(-c2cc3c(cc2F)c(=O)c(C(=O)O)cn3C2CC2)nc1. The summed E-state index contributed by atoms with van der Waals surface area (Å²) in [6, 6.07) is 6.54. The lowest BCUT2D eigenvalue weighted by atomic mass is 10.0. The van der Waals surface area contributed by atoms with Crippen LogP contribution in [-0.4, -0.2) is 27.2 Å². The van der Waals surface area contributed by atoms with Gasteiger partial charge in [0, 0.05) is 40.8 Å². The monoisotopic (exact) mass is 469 g/mol. The fourth-order valence-electron chi connectivity index (χ4n) is 3.91. The van der Waals surface area contributed by atoms with E-state index in [2.05, 4.69) is 16.6 Å². The van der Waals surface area contributed by atoms with Gasteiger partial charge in [-0.1, -0.05) is 32.6 Å². The molecule has 2 aromatic heterocycles. The topological polar surface area (TPSA) is 84.2 Å². The molecule has 0 amide bonds. The van der Waals surface area contributed by atoms with Crippen molar-refractivity contribution in [2.24, 2.45) is 0 Å². The number of aromatic nitrogens is 2. The number of carboxylic acid groups (broad SMARTS) is 1. The van der Waals surface area contributed by atoms with Crippen LogP contribution in [0.25, 0.3) is 22.2 Å². The van der Waals surface area contributed by atoms with Crippen molar-refractivity contribution in [3.05, 3.63) is 58.3 Å². The summed E-state index contributed by atoms with van der Waals surface area (Å²) in [7, 11) is 0. The summed E-state index contributed by atoms with van der Waals surface area (Å²) in [6.07, 6.45) is 11.0. The molecule has 1 aliphatic carbocycles. The summed E-state index contributed by atoms with van der Waals surface area (Å²) in [6.45, 7) is 3.13. The fourth-order valence-corrected chi connectivity index (χ4v) is 4.56. The summed E-state index contributed by atoms with van der Waals surface area (Å²) in [5, 5.41) is 9.46. The first-order valence-electron chi connectivity index (χ1n) is 11.5. The summed E-state index contributed by atoms with van der Waals surface area (Å²) in [4.78, 5) is 29.5. The van der Waals surface area contributed by atoms with Crippen LogP contribution in [0.3, 0.4) is 0 Å². The zero-order chi connectivity index (χ0) is 23.4. The number of hydrogen-bond acceptors (Lipinski definition) is 5. The summed E-state index contributed by atoms with van der Waals surface area (Å²) in [5.41, 5.74) is 0.295. The van der Waals surface area contributed by atoms with Gasteiger partial charge < -0.3 is 9.67 Å². The van der Waals surface area contributed by atoms with Gasteiger partial charge in [0.2, 0.25) is 5.43 Å². The lowest BCUT2D eigenvalue weighted by molar-refractivity contribution is 0.0695. The average molecular weight is 470 g/mol. The molecule has 0 atom stereocenters. The summed E-state index contributed by atoms with van der Waals surface area (Å²) in [5.74, 6) is -1.90. The molecule has 8 heteroatoms. The first-order valence-corrected chi connectivity index (χ1v) is 12.3. The van der Waals surface area contributed by atoms with E-state index in [1.165, 1.54) is 43.8 Å². The molecule has 1 aromatic carbocycles. The third-order valence-corrected chi connectivity index (χ3v) is 6.70. The number of fused-ring (bicyclic) bond motifs is 1. The number of halogens is 1. The van der Waals surface area contributed by atoms with Crippen LogP contribution in [0.15, 0.2) is 46.3 Å². The highest BCUT2D eigenvalue weighted by molar-refractivity contribution is 7.97. The van der Waals surface area contributed by atoms with Crippen molar-refractivity contribution in [2.45, 2.75) is 62.8 Å². The number of benzene rings is 1. The Kier molecular flexibility index (Phi) is 7.45. The molecule has 1 fully saturated rings. The van der Waals surface area contributed by atoms with E-state index in [-0.39, 0.29) is 17.0 Å². The van der Waals surface area contributed by atoms with Crippen molar-refractivity contribution >= 4 is 28.8 Å². The maximum Gasteiger partial charge on any atom is 0.341 e. The molecule has 0 saturated heterocycles. The van der Waals surface area contributed by atoms with Crippen molar-refractivity contribution in [2.75, 3.05) is 6.54 Å². The Hall–Kier alpha value is -2.71. The minimum atomic E-state index is -1.30. The van der Waals surface area contributed by atoms with Crippen molar-refractivity contribution in [3.8, 4) is 11.3 Å². The molecule has 33 heavy (non-hydrogen) atoms. The van der Waals surface area contributed by atoms with Gasteiger partial charge in [-0.3, -0.25) is 14.5 Å². The minimum absolute atomic E-state index is 0.0818. The molecule has 1 saturated carbocycles. The first kappa shape index (κ1) is 23.4. The number of rotatable bonds is 11. The Balaban J connectivity index is 1.54. The molecule has 0 bridgehead atoms. The van der Waals surface area contributed by atoms with Gasteiger partial charge in [-0.05, 0) is 55.5 Å². The summed E-state index contributed by atoms with van der Waals surface area (Å²) < 4.78 is 20.1. The third kappa shape index (κ3) is 5.45. The molecule has 2 N–H and O–H groups in total. The normalized spacial score (nSPS) is 13.5. The predicted octanol–water partition coefficient (Wildman–Crippen LogP) is 5.80. The highest BCUT2D eigenvalue weighted by atomic mass is 32.2. The van der Waals surface area contributed by atoms with Gasteiger partial charge in [-0.15, -0.1) is 0 Å². The van der Waals surface area contributed by atoms with Crippen LogP contribution in [0.2, 0.25) is 0 Å². The molecule has 6 nitrogen and oxygen atoms in total. The van der Waals surface area contributed by atoms with Crippen molar-refractivity contribution in [3.63, 3.8) is 0 Å². The predicted molar refractivity (Wildman–Crippen MR) is 129 cm³/mol. The van der Waals surface area contributed by atoms with Crippen LogP contribution >= 0.6 is 11.9 Å². The standard InChI is InChI=1S/C25H28FN3O3S/c1-2-3-4-5-6-11-28-33-17-9-10-22(27-14-17)18-13-23-19(12-21(18)26)24(30)20(25(31)32)15-29(23)16-7-8-16/h9-10,12-16,28H,2-8,11H2,1H3,(H,31,32). The Morgan fingerprint density at radius 3 is 2.70 bits per heavy atom.